The lowest BCUT2D eigenvalue weighted by atomic mass is 10.0. The molecule has 2 rings (SSSR count). The summed E-state index contributed by atoms with van der Waals surface area (Å²) in [4.78, 5) is 0. The van der Waals surface area contributed by atoms with Crippen LogP contribution >= 0.6 is 33.2 Å². The molecular formula is C16H23Cl3O2Si. The minimum Gasteiger partial charge on any atom is -0.462 e. The molecule has 0 fully saturated rings. The highest BCUT2D eigenvalue weighted by Gasteiger charge is 2.32. The van der Waals surface area contributed by atoms with Crippen LogP contribution in [0.3, 0.4) is 0 Å². The largest absolute Gasteiger partial charge is 0.462 e. The van der Waals surface area contributed by atoms with Crippen LogP contribution in [-0.2, 0) is 17.8 Å². The number of benzene rings is 1. The second-order valence-corrected chi connectivity index (χ2v) is 15.3. The van der Waals surface area contributed by atoms with Gasteiger partial charge in [0.1, 0.15) is 5.75 Å². The van der Waals surface area contributed by atoms with E-state index in [9.17, 15) is 0 Å². The zero-order valence-electron chi connectivity index (χ0n) is 13.1. The summed E-state index contributed by atoms with van der Waals surface area (Å²) in [7, 11) is 0. The van der Waals surface area contributed by atoms with Crippen molar-refractivity contribution in [1.82, 2.24) is 0 Å². The summed E-state index contributed by atoms with van der Waals surface area (Å²) in [6, 6.07) is 4.48. The van der Waals surface area contributed by atoms with Crippen LogP contribution in [0.2, 0.25) is 6.04 Å². The van der Waals surface area contributed by atoms with E-state index >= 15 is 0 Å². The van der Waals surface area contributed by atoms with Crippen LogP contribution in [0.25, 0.3) is 0 Å². The Morgan fingerprint density at radius 1 is 1.23 bits per heavy atom. The van der Waals surface area contributed by atoms with Crippen molar-refractivity contribution in [2.24, 2.45) is 0 Å². The van der Waals surface area contributed by atoms with Crippen LogP contribution in [0.5, 0.6) is 5.75 Å². The minimum absolute atomic E-state index is 0.494. The van der Waals surface area contributed by atoms with Gasteiger partial charge in [0.15, 0.2) is 0 Å². The summed E-state index contributed by atoms with van der Waals surface area (Å²) in [6.07, 6.45) is 4.97. The zero-order valence-corrected chi connectivity index (χ0v) is 16.4. The third-order valence-corrected chi connectivity index (χ3v) is 6.52. The predicted octanol–water partition coefficient (Wildman–Crippen LogP) is 6.09. The molecular weight excluding hydrogens is 359 g/mol. The first-order chi connectivity index (χ1) is 10.3. The molecule has 1 aliphatic heterocycles. The number of hydrogen-bond donors (Lipinski definition) is 0. The zero-order chi connectivity index (χ0) is 16.2. The maximum absolute atomic E-state index is 6.06. The van der Waals surface area contributed by atoms with Gasteiger partial charge in [0.2, 0.25) is 5.79 Å². The van der Waals surface area contributed by atoms with Gasteiger partial charge in [-0.15, -0.1) is 33.2 Å². The lowest BCUT2D eigenvalue weighted by molar-refractivity contribution is -0.198. The molecule has 2 nitrogen and oxygen atoms in total. The molecule has 0 N–H and O–H groups in total. The summed E-state index contributed by atoms with van der Waals surface area (Å²) >= 11 is 17.8. The molecule has 0 amide bonds. The lowest BCUT2D eigenvalue weighted by Gasteiger charge is -2.36. The average molecular weight is 382 g/mol. The van der Waals surface area contributed by atoms with Gasteiger partial charge in [-0.2, -0.15) is 0 Å². The predicted molar refractivity (Wildman–Crippen MR) is 96.2 cm³/mol. The molecule has 0 bridgehead atoms. The minimum atomic E-state index is -2.50. The quantitative estimate of drug-likeness (QED) is 0.420. The first kappa shape index (κ1) is 18.4. The average Bonchev–Trinajstić information content (AvgIpc) is 2.44. The van der Waals surface area contributed by atoms with Crippen LogP contribution < -0.4 is 4.74 Å². The number of rotatable bonds is 7. The van der Waals surface area contributed by atoms with Gasteiger partial charge in [-0.05, 0) is 43.0 Å². The molecule has 1 atom stereocenters. The van der Waals surface area contributed by atoms with E-state index in [1.165, 1.54) is 5.56 Å². The lowest BCUT2D eigenvalue weighted by Crippen LogP contribution is -2.38. The first-order valence-corrected chi connectivity index (χ1v) is 13.1. The first-order valence-electron chi connectivity index (χ1n) is 7.83. The van der Waals surface area contributed by atoms with Crippen LogP contribution in [-0.4, -0.2) is 11.8 Å². The number of ether oxygens (including phenoxy) is 2. The molecule has 1 aromatic rings. The Labute approximate surface area is 148 Å². The van der Waals surface area contributed by atoms with Gasteiger partial charge in [0, 0.05) is 18.9 Å². The van der Waals surface area contributed by atoms with E-state index in [4.69, 9.17) is 42.7 Å². The monoisotopic (exact) mass is 380 g/mol. The molecule has 0 aliphatic carbocycles. The molecule has 0 spiro atoms. The van der Waals surface area contributed by atoms with Crippen molar-refractivity contribution in [3.05, 3.63) is 29.3 Å². The van der Waals surface area contributed by atoms with E-state index in [1.807, 2.05) is 13.0 Å². The maximum Gasteiger partial charge on any atom is 0.341 e. The number of hydrogen-bond acceptors (Lipinski definition) is 2. The van der Waals surface area contributed by atoms with Crippen LogP contribution in [0, 0.1) is 0 Å². The van der Waals surface area contributed by atoms with E-state index in [1.54, 1.807) is 0 Å². The molecule has 124 valence electrons. The Bertz CT molecular complexity index is 505. The van der Waals surface area contributed by atoms with Crippen molar-refractivity contribution < 1.29 is 9.47 Å². The van der Waals surface area contributed by atoms with Crippen molar-refractivity contribution >= 4 is 39.2 Å². The molecule has 1 heterocycles. The van der Waals surface area contributed by atoms with Crippen LogP contribution in [0.4, 0.5) is 0 Å². The Hall–Kier alpha value is 0.0669. The van der Waals surface area contributed by atoms with Gasteiger partial charge < -0.3 is 9.47 Å². The molecule has 0 aromatic heterocycles. The van der Waals surface area contributed by atoms with E-state index in [-0.39, 0.29) is 0 Å². The summed E-state index contributed by atoms with van der Waals surface area (Å²) < 4.78 is 12.0. The molecule has 1 aromatic carbocycles. The maximum atomic E-state index is 6.06. The van der Waals surface area contributed by atoms with Crippen molar-refractivity contribution in [3.8, 4) is 5.75 Å². The second kappa shape index (κ2) is 7.76. The van der Waals surface area contributed by atoms with Gasteiger partial charge >= 0.3 is 6.00 Å². The van der Waals surface area contributed by atoms with E-state index in [2.05, 4.69) is 19.1 Å². The summed E-state index contributed by atoms with van der Waals surface area (Å²) in [5, 5.41) is 0. The Morgan fingerprint density at radius 2 is 2.00 bits per heavy atom. The molecule has 0 saturated heterocycles. The molecule has 22 heavy (non-hydrogen) atoms. The van der Waals surface area contributed by atoms with Crippen LogP contribution in [0.15, 0.2) is 18.2 Å². The van der Waals surface area contributed by atoms with Gasteiger partial charge in [0.25, 0.3) is 0 Å². The fourth-order valence-corrected chi connectivity index (χ4v) is 4.39. The Kier molecular flexibility index (Phi) is 6.49. The molecule has 0 radical (unpaired) electrons. The van der Waals surface area contributed by atoms with E-state index in [0.29, 0.717) is 12.7 Å². The standard InChI is InChI=1S/C16H23Cl3O2Si/c1-3-4-9-16(2)20-12-14-11-13(7-8-15(14)21-16)6-5-10-22(17,18)19/h7-8,11H,3-6,9-10,12H2,1-2H3. The second-order valence-electron chi connectivity index (χ2n) is 6.04. The third-order valence-electron chi connectivity index (χ3n) is 3.89. The molecule has 1 unspecified atom stereocenters. The van der Waals surface area contributed by atoms with Crippen LogP contribution in [0.1, 0.15) is 50.7 Å². The van der Waals surface area contributed by atoms with Crippen molar-refractivity contribution in [2.75, 3.05) is 0 Å². The highest BCUT2D eigenvalue weighted by molar-refractivity contribution is 7.64. The highest BCUT2D eigenvalue weighted by atomic mass is 35.8. The summed E-state index contributed by atoms with van der Waals surface area (Å²) in [5.41, 5.74) is 2.35. The number of halogens is 3. The number of aryl methyl sites for hydroxylation is 1. The van der Waals surface area contributed by atoms with Gasteiger partial charge in [-0.1, -0.05) is 19.4 Å². The van der Waals surface area contributed by atoms with Gasteiger partial charge in [-0.25, -0.2) is 0 Å². The third kappa shape index (κ3) is 5.61. The van der Waals surface area contributed by atoms with Crippen molar-refractivity contribution in [2.45, 2.75) is 64.4 Å². The SMILES string of the molecule is CCCCC1(C)OCc2cc(CCC[Si](Cl)(Cl)Cl)ccc2O1. The fourth-order valence-electron chi connectivity index (χ4n) is 2.61. The molecule has 0 saturated carbocycles. The molecule has 1 aliphatic rings. The van der Waals surface area contributed by atoms with E-state index < -0.39 is 11.8 Å². The summed E-state index contributed by atoms with van der Waals surface area (Å²) in [5.74, 6) is 0.440. The fraction of sp³-hybridized carbons (Fsp3) is 0.625. The highest BCUT2D eigenvalue weighted by Crippen LogP contribution is 2.35. The van der Waals surface area contributed by atoms with Gasteiger partial charge in [0.05, 0.1) is 6.61 Å². The Morgan fingerprint density at radius 3 is 2.68 bits per heavy atom. The number of fused-ring (bicyclic) bond motifs is 1. The number of unbranched alkanes of at least 4 members (excludes halogenated alkanes) is 1. The Balaban J connectivity index is 1.96. The van der Waals surface area contributed by atoms with Crippen molar-refractivity contribution in [1.29, 1.82) is 0 Å². The topological polar surface area (TPSA) is 18.5 Å². The normalized spacial score (nSPS) is 21.3. The van der Waals surface area contributed by atoms with Crippen molar-refractivity contribution in [3.63, 3.8) is 0 Å². The van der Waals surface area contributed by atoms with E-state index in [0.717, 1.165) is 43.4 Å². The van der Waals surface area contributed by atoms with Gasteiger partial charge in [-0.3, -0.25) is 0 Å². The summed E-state index contributed by atoms with van der Waals surface area (Å²) in [6.45, 7) is 4.79. The smallest absolute Gasteiger partial charge is 0.341 e. The molecule has 6 heteroatoms.